The van der Waals surface area contributed by atoms with Crippen molar-refractivity contribution in [1.82, 2.24) is 4.98 Å². The SMILES string of the molecule is CCc1ncc([N+](=O)[O-])c(C)c1N[N+](=O)[O-]. The van der Waals surface area contributed by atoms with Gasteiger partial charge in [0, 0.05) is 0 Å². The number of aryl methyl sites for hydroxylation is 1. The average molecular weight is 226 g/mol. The van der Waals surface area contributed by atoms with E-state index in [-0.39, 0.29) is 16.9 Å². The van der Waals surface area contributed by atoms with Crippen molar-refractivity contribution in [3.8, 4) is 0 Å². The third-order valence-electron chi connectivity index (χ3n) is 2.13. The fraction of sp³-hybridized carbons (Fsp3) is 0.375. The minimum absolute atomic E-state index is 0.0988. The third kappa shape index (κ3) is 2.22. The topological polar surface area (TPSA) is 111 Å². The summed E-state index contributed by atoms with van der Waals surface area (Å²) in [4.78, 5) is 24.2. The molecule has 0 atom stereocenters. The van der Waals surface area contributed by atoms with Gasteiger partial charge in [0.25, 0.3) is 5.69 Å². The van der Waals surface area contributed by atoms with Gasteiger partial charge < -0.3 is 0 Å². The van der Waals surface area contributed by atoms with Crippen molar-refractivity contribution >= 4 is 11.4 Å². The highest BCUT2D eigenvalue weighted by molar-refractivity contribution is 5.60. The summed E-state index contributed by atoms with van der Waals surface area (Å²) in [5.41, 5.74) is 2.45. The Hall–Kier alpha value is -2.25. The number of hydrogen-bond acceptors (Lipinski definition) is 5. The molecule has 0 bridgehead atoms. The molecule has 8 heteroatoms. The van der Waals surface area contributed by atoms with Gasteiger partial charge in [-0.1, -0.05) is 6.92 Å². The Bertz CT molecular complexity index is 446. The van der Waals surface area contributed by atoms with Gasteiger partial charge in [-0.3, -0.25) is 15.1 Å². The van der Waals surface area contributed by atoms with Crippen LogP contribution in [0.1, 0.15) is 18.2 Å². The van der Waals surface area contributed by atoms with Gasteiger partial charge in [0.1, 0.15) is 11.9 Å². The number of anilines is 1. The van der Waals surface area contributed by atoms with Crippen molar-refractivity contribution in [1.29, 1.82) is 0 Å². The Balaban J connectivity index is 3.34. The summed E-state index contributed by atoms with van der Waals surface area (Å²) in [5.74, 6) is 0. The molecule has 0 amide bonds. The van der Waals surface area contributed by atoms with Crippen LogP contribution in [0.15, 0.2) is 6.20 Å². The number of hydrogen-bond donors (Lipinski definition) is 1. The third-order valence-corrected chi connectivity index (χ3v) is 2.13. The second-order valence-corrected chi connectivity index (χ2v) is 3.07. The number of nitrogens with one attached hydrogen (secondary N) is 1. The monoisotopic (exact) mass is 226 g/mol. The van der Waals surface area contributed by atoms with Gasteiger partial charge >= 0.3 is 0 Å². The molecule has 1 N–H and O–H groups in total. The summed E-state index contributed by atoms with van der Waals surface area (Å²) in [6.45, 7) is 3.21. The van der Waals surface area contributed by atoms with E-state index in [1.54, 1.807) is 6.92 Å². The van der Waals surface area contributed by atoms with Gasteiger partial charge in [0.15, 0.2) is 5.03 Å². The molecule has 16 heavy (non-hydrogen) atoms. The van der Waals surface area contributed by atoms with E-state index in [2.05, 4.69) is 4.98 Å². The van der Waals surface area contributed by atoms with Crippen molar-refractivity contribution in [2.45, 2.75) is 20.3 Å². The Kier molecular flexibility index (Phi) is 3.33. The van der Waals surface area contributed by atoms with Gasteiger partial charge in [-0.2, -0.15) is 0 Å². The molecule has 86 valence electrons. The first-order chi connectivity index (χ1) is 7.47. The van der Waals surface area contributed by atoms with E-state index in [1.165, 1.54) is 6.92 Å². The van der Waals surface area contributed by atoms with Crippen LogP contribution in [0, 0.1) is 27.2 Å². The van der Waals surface area contributed by atoms with Crippen molar-refractivity contribution < 1.29 is 9.96 Å². The van der Waals surface area contributed by atoms with Crippen molar-refractivity contribution in [2.75, 3.05) is 5.43 Å². The molecule has 0 saturated heterocycles. The number of hydrazine groups is 1. The lowest BCUT2D eigenvalue weighted by atomic mass is 10.1. The zero-order chi connectivity index (χ0) is 12.3. The van der Waals surface area contributed by atoms with Gasteiger partial charge in [0.2, 0.25) is 0 Å². The maximum Gasteiger partial charge on any atom is 0.292 e. The molecule has 1 heterocycles. The van der Waals surface area contributed by atoms with Crippen LogP contribution in [-0.2, 0) is 6.42 Å². The summed E-state index contributed by atoms with van der Waals surface area (Å²) in [5, 5.41) is 20.2. The highest BCUT2D eigenvalue weighted by atomic mass is 16.7. The normalized spacial score (nSPS) is 9.88. The zero-order valence-corrected chi connectivity index (χ0v) is 8.76. The Labute approximate surface area is 90.6 Å². The van der Waals surface area contributed by atoms with Crippen LogP contribution in [0.3, 0.4) is 0 Å². The van der Waals surface area contributed by atoms with Crippen LogP contribution in [-0.4, -0.2) is 14.9 Å². The molecule has 0 unspecified atom stereocenters. The first kappa shape index (κ1) is 11.8. The number of nitrogens with zero attached hydrogens (tertiary/aromatic N) is 3. The Morgan fingerprint density at radius 3 is 2.50 bits per heavy atom. The van der Waals surface area contributed by atoms with E-state index in [0.717, 1.165) is 6.20 Å². The molecule has 0 saturated carbocycles. The highest BCUT2D eigenvalue weighted by Crippen LogP contribution is 2.27. The molecule has 8 nitrogen and oxygen atoms in total. The molecule has 0 aliphatic carbocycles. The predicted octanol–water partition coefficient (Wildman–Crippen LogP) is 1.46. The predicted molar refractivity (Wildman–Crippen MR) is 55.6 cm³/mol. The number of aromatic nitrogens is 1. The van der Waals surface area contributed by atoms with E-state index in [0.29, 0.717) is 12.1 Å². The second kappa shape index (κ2) is 4.51. The van der Waals surface area contributed by atoms with E-state index >= 15 is 0 Å². The average Bonchev–Trinajstić information content (AvgIpc) is 2.19. The number of rotatable bonds is 4. The molecule has 1 aromatic rings. The number of pyridine rings is 1. The minimum Gasteiger partial charge on any atom is -0.258 e. The van der Waals surface area contributed by atoms with Crippen LogP contribution >= 0.6 is 0 Å². The summed E-state index contributed by atoms with van der Waals surface area (Å²) in [6, 6.07) is 0. The maximum absolute atomic E-state index is 10.6. The van der Waals surface area contributed by atoms with Crippen molar-refractivity contribution in [3.63, 3.8) is 0 Å². The fourth-order valence-electron chi connectivity index (χ4n) is 1.34. The molecule has 1 aromatic heterocycles. The van der Waals surface area contributed by atoms with Crippen LogP contribution in [0.2, 0.25) is 0 Å². The van der Waals surface area contributed by atoms with E-state index in [4.69, 9.17) is 0 Å². The van der Waals surface area contributed by atoms with Gasteiger partial charge in [-0.05, 0) is 13.3 Å². The molecular formula is C8H10N4O4. The van der Waals surface area contributed by atoms with E-state index in [1.807, 2.05) is 5.43 Å². The maximum atomic E-state index is 10.6. The zero-order valence-electron chi connectivity index (χ0n) is 8.76. The first-order valence-electron chi connectivity index (χ1n) is 4.51. The van der Waals surface area contributed by atoms with Gasteiger partial charge in [-0.25, -0.2) is 10.1 Å². The highest BCUT2D eigenvalue weighted by Gasteiger charge is 2.20. The lowest BCUT2D eigenvalue weighted by molar-refractivity contribution is -0.445. The van der Waals surface area contributed by atoms with E-state index < -0.39 is 9.96 Å². The number of nitro groups is 2. The lowest BCUT2D eigenvalue weighted by Crippen LogP contribution is -2.13. The van der Waals surface area contributed by atoms with Crippen LogP contribution in [0.25, 0.3) is 0 Å². The first-order valence-corrected chi connectivity index (χ1v) is 4.51. The minimum atomic E-state index is -0.757. The smallest absolute Gasteiger partial charge is 0.258 e. The Morgan fingerprint density at radius 1 is 1.44 bits per heavy atom. The van der Waals surface area contributed by atoms with Crippen LogP contribution in [0.4, 0.5) is 11.4 Å². The second-order valence-electron chi connectivity index (χ2n) is 3.07. The van der Waals surface area contributed by atoms with Crippen LogP contribution in [0.5, 0.6) is 0 Å². The van der Waals surface area contributed by atoms with Crippen LogP contribution < -0.4 is 5.43 Å². The molecule has 0 aromatic carbocycles. The molecule has 0 fully saturated rings. The quantitative estimate of drug-likeness (QED) is 0.614. The molecular weight excluding hydrogens is 216 g/mol. The summed E-state index contributed by atoms with van der Waals surface area (Å²) >= 11 is 0. The molecule has 1 rings (SSSR count). The standard InChI is InChI=1S/C8H10N4O4/c1-3-6-8(10-12(15)16)5(2)7(4-9-6)11(13)14/h4,10H,3H2,1-2H3. The van der Waals surface area contributed by atoms with Crippen molar-refractivity contribution in [2.24, 2.45) is 0 Å². The summed E-state index contributed by atoms with van der Waals surface area (Å²) < 4.78 is 0. The Morgan fingerprint density at radius 2 is 2.06 bits per heavy atom. The summed E-state index contributed by atoms with van der Waals surface area (Å²) in [7, 11) is 0. The lowest BCUT2D eigenvalue weighted by Gasteiger charge is -2.07. The van der Waals surface area contributed by atoms with Crippen molar-refractivity contribution in [3.05, 3.63) is 37.7 Å². The summed E-state index contributed by atoms with van der Waals surface area (Å²) in [6.07, 6.45) is 1.56. The molecule has 0 aliphatic rings. The molecule has 0 aliphatic heterocycles. The largest absolute Gasteiger partial charge is 0.292 e. The fourth-order valence-corrected chi connectivity index (χ4v) is 1.34. The molecule has 0 spiro atoms. The molecule has 0 radical (unpaired) electrons. The van der Waals surface area contributed by atoms with Gasteiger partial charge in [0.05, 0.1) is 16.2 Å². The van der Waals surface area contributed by atoms with E-state index in [9.17, 15) is 20.2 Å². The van der Waals surface area contributed by atoms with Gasteiger partial charge in [-0.15, -0.1) is 5.43 Å².